The predicted molar refractivity (Wildman–Crippen MR) is 131 cm³/mol. The zero-order valence-corrected chi connectivity index (χ0v) is 19.3. The number of aromatic nitrogens is 1. The number of rotatable bonds is 8. The molecule has 1 fully saturated rings. The van der Waals surface area contributed by atoms with E-state index in [4.69, 9.17) is 20.3 Å². The summed E-state index contributed by atoms with van der Waals surface area (Å²) in [6, 6.07) is 14.2. The number of nitrogens with two attached hydrogens (primary N) is 1. The molecular formula is C27H21F2N3O5. The molecule has 0 atom stereocenters. The van der Waals surface area contributed by atoms with Gasteiger partial charge in [0.1, 0.15) is 22.7 Å². The Hall–Kier alpha value is -4.57. The van der Waals surface area contributed by atoms with Gasteiger partial charge in [0, 0.05) is 28.9 Å². The average Bonchev–Trinajstić information content (AvgIpc) is 3.69. The number of anilines is 1. The van der Waals surface area contributed by atoms with Crippen molar-refractivity contribution in [1.82, 2.24) is 4.98 Å². The lowest BCUT2D eigenvalue weighted by Crippen LogP contribution is -2.36. The highest BCUT2D eigenvalue weighted by Gasteiger charge is 2.55. The molecule has 0 bridgehead atoms. The van der Waals surface area contributed by atoms with Gasteiger partial charge in [-0.25, -0.2) is 8.78 Å². The number of carbonyl (C=O) groups is 2. The van der Waals surface area contributed by atoms with Gasteiger partial charge in [0.05, 0.1) is 5.52 Å². The fourth-order valence-electron chi connectivity index (χ4n) is 4.04. The molecule has 5 rings (SSSR count). The van der Waals surface area contributed by atoms with Crippen LogP contribution in [0.25, 0.3) is 22.0 Å². The molecule has 1 aliphatic carbocycles. The summed E-state index contributed by atoms with van der Waals surface area (Å²) < 4.78 is 40.1. The molecule has 1 heterocycles. The van der Waals surface area contributed by atoms with Gasteiger partial charge in [0.25, 0.3) is 0 Å². The Labute approximate surface area is 209 Å². The molecule has 0 saturated heterocycles. The lowest BCUT2D eigenvalue weighted by atomic mass is 10.0. The van der Waals surface area contributed by atoms with Crippen molar-refractivity contribution in [2.24, 2.45) is 11.1 Å². The summed E-state index contributed by atoms with van der Waals surface area (Å²) in [6.45, 7) is -0.484. The van der Waals surface area contributed by atoms with E-state index in [9.17, 15) is 14.0 Å². The van der Waals surface area contributed by atoms with Crippen molar-refractivity contribution >= 4 is 28.4 Å². The van der Waals surface area contributed by atoms with Crippen molar-refractivity contribution in [3.8, 4) is 28.4 Å². The molecule has 0 aliphatic heterocycles. The van der Waals surface area contributed by atoms with Crippen LogP contribution >= 0.6 is 0 Å². The van der Waals surface area contributed by atoms with Gasteiger partial charge < -0.3 is 25.6 Å². The minimum absolute atomic E-state index is 0.0837. The number of nitrogens with one attached hydrogen (secondary N) is 1. The lowest BCUT2D eigenvalue weighted by Gasteiger charge is -2.16. The summed E-state index contributed by atoms with van der Waals surface area (Å²) in [7, 11) is 0. The molecule has 0 unspecified atom stereocenters. The molecule has 3 aromatic carbocycles. The molecule has 1 aromatic heterocycles. The van der Waals surface area contributed by atoms with Crippen molar-refractivity contribution in [3.05, 3.63) is 78.5 Å². The van der Waals surface area contributed by atoms with Gasteiger partial charge in [-0.2, -0.15) is 0 Å². The first-order valence-corrected chi connectivity index (χ1v) is 11.3. The number of benzene rings is 3. The Morgan fingerprint density at radius 2 is 1.84 bits per heavy atom. The first-order valence-electron chi connectivity index (χ1n) is 11.3. The van der Waals surface area contributed by atoms with Crippen LogP contribution in [-0.4, -0.2) is 28.7 Å². The SMILES string of the molecule is NC(=O)C1(C(=O)Nc2ccc(F)cc2-c2ccc(Oc3ccnc4cc(OCO)ccc34)c(F)c2)CC1. The van der Waals surface area contributed by atoms with Crippen molar-refractivity contribution in [2.45, 2.75) is 12.8 Å². The van der Waals surface area contributed by atoms with Gasteiger partial charge in [-0.15, -0.1) is 0 Å². The predicted octanol–water partition coefficient (Wildman–Crippen LogP) is 4.50. The van der Waals surface area contributed by atoms with Gasteiger partial charge >= 0.3 is 0 Å². The Balaban J connectivity index is 1.44. The highest BCUT2D eigenvalue weighted by Crippen LogP contribution is 2.46. The minimum Gasteiger partial charge on any atom is -0.468 e. The van der Waals surface area contributed by atoms with E-state index in [0.29, 0.717) is 35.2 Å². The first kappa shape index (κ1) is 24.1. The van der Waals surface area contributed by atoms with Crippen LogP contribution in [0.5, 0.6) is 17.2 Å². The molecule has 188 valence electrons. The van der Waals surface area contributed by atoms with Gasteiger partial charge in [-0.3, -0.25) is 14.6 Å². The molecular weight excluding hydrogens is 484 g/mol. The molecule has 37 heavy (non-hydrogen) atoms. The van der Waals surface area contributed by atoms with Crippen LogP contribution in [0.4, 0.5) is 14.5 Å². The Morgan fingerprint density at radius 3 is 2.54 bits per heavy atom. The van der Waals surface area contributed by atoms with Crippen molar-refractivity contribution < 1.29 is 33.0 Å². The molecule has 2 amide bonds. The fourth-order valence-corrected chi connectivity index (χ4v) is 4.04. The highest BCUT2D eigenvalue weighted by atomic mass is 19.1. The Morgan fingerprint density at radius 1 is 1.03 bits per heavy atom. The third kappa shape index (κ3) is 4.66. The Kier molecular flexibility index (Phi) is 6.18. The van der Waals surface area contributed by atoms with Crippen LogP contribution in [0.2, 0.25) is 0 Å². The lowest BCUT2D eigenvalue weighted by molar-refractivity contribution is -0.132. The molecule has 4 N–H and O–H groups in total. The number of aliphatic hydroxyl groups excluding tert-OH is 1. The number of primary amides is 1. The smallest absolute Gasteiger partial charge is 0.240 e. The van der Waals surface area contributed by atoms with E-state index >= 15 is 4.39 Å². The van der Waals surface area contributed by atoms with Gasteiger partial charge in [-0.05, 0) is 66.9 Å². The molecule has 10 heteroatoms. The summed E-state index contributed by atoms with van der Waals surface area (Å²) in [4.78, 5) is 28.6. The number of ether oxygens (including phenoxy) is 2. The summed E-state index contributed by atoms with van der Waals surface area (Å²) in [5, 5.41) is 12.2. The number of nitrogens with zero attached hydrogens (tertiary/aromatic N) is 1. The standard InChI is InChI=1S/C27H21F2N3O5/c28-16-2-5-21(32-26(35)27(8-9-27)25(30)34)19(12-16)15-1-6-24(20(29)11-15)37-23-7-10-31-22-13-17(36-14-33)3-4-18(22)23/h1-7,10-13,33H,8-9,14H2,(H2,30,34)(H,32,35). The van der Waals surface area contributed by atoms with E-state index in [-0.39, 0.29) is 22.6 Å². The minimum atomic E-state index is -1.27. The first-order chi connectivity index (χ1) is 17.8. The maximum absolute atomic E-state index is 15.2. The van der Waals surface area contributed by atoms with Crippen LogP contribution in [0.1, 0.15) is 12.8 Å². The second kappa shape index (κ2) is 9.47. The molecule has 8 nitrogen and oxygen atoms in total. The van der Waals surface area contributed by atoms with Crippen LogP contribution in [-0.2, 0) is 9.59 Å². The number of amides is 2. The van der Waals surface area contributed by atoms with Gasteiger partial charge in [0.15, 0.2) is 18.4 Å². The number of aliphatic hydroxyl groups is 1. The molecule has 4 aromatic rings. The van der Waals surface area contributed by atoms with Crippen LogP contribution in [0.3, 0.4) is 0 Å². The average molecular weight is 505 g/mol. The number of hydrogen-bond donors (Lipinski definition) is 3. The molecule has 0 radical (unpaired) electrons. The van der Waals surface area contributed by atoms with Crippen LogP contribution < -0.4 is 20.5 Å². The second-order valence-corrected chi connectivity index (χ2v) is 8.60. The summed E-state index contributed by atoms with van der Waals surface area (Å²) in [6.07, 6.45) is 2.17. The zero-order valence-electron chi connectivity index (χ0n) is 19.3. The number of hydrogen-bond acceptors (Lipinski definition) is 6. The van der Waals surface area contributed by atoms with Crippen molar-refractivity contribution in [3.63, 3.8) is 0 Å². The van der Waals surface area contributed by atoms with E-state index in [1.807, 2.05) is 0 Å². The van der Waals surface area contributed by atoms with Gasteiger partial charge in [0.2, 0.25) is 11.8 Å². The summed E-state index contributed by atoms with van der Waals surface area (Å²) in [5.41, 5.74) is 5.35. The molecule has 0 spiro atoms. The number of carbonyl (C=O) groups excluding carboxylic acids is 2. The quantitative estimate of drug-likeness (QED) is 0.239. The van der Waals surface area contributed by atoms with E-state index in [0.717, 1.165) is 18.2 Å². The zero-order chi connectivity index (χ0) is 26.2. The normalized spacial score (nSPS) is 13.7. The van der Waals surface area contributed by atoms with Crippen molar-refractivity contribution in [2.75, 3.05) is 12.1 Å². The monoisotopic (exact) mass is 505 g/mol. The topological polar surface area (TPSA) is 124 Å². The van der Waals surface area contributed by atoms with E-state index in [1.54, 1.807) is 24.3 Å². The summed E-state index contributed by atoms with van der Waals surface area (Å²) >= 11 is 0. The summed E-state index contributed by atoms with van der Waals surface area (Å²) in [5.74, 6) is -1.94. The second-order valence-electron chi connectivity index (χ2n) is 8.60. The fraction of sp³-hybridized carbons (Fsp3) is 0.148. The van der Waals surface area contributed by atoms with Gasteiger partial charge in [-0.1, -0.05) is 6.07 Å². The van der Waals surface area contributed by atoms with E-state index in [1.165, 1.54) is 24.4 Å². The molecule has 1 saturated carbocycles. The van der Waals surface area contributed by atoms with Crippen LogP contribution in [0, 0.1) is 17.0 Å². The largest absolute Gasteiger partial charge is 0.468 e. The van der Waals surface area contributed by atoms with E-state index < -0.39 is 35.7 Å². The van der Waals surface area contributed by atoms with Crippen molar-refractivity contribution in [1.29, 1.82) is 0 Å². The number of fused-ring (bicyclic) bond motifs is 1. The third-order valence-electron chi connectivity index (χ3n) is 6.25. The number of halogens is 2. The van der Waals surface area contributed by atoms with Crippen LogP contribution in [0.15, 0.2) is 66.9 Å². The number of pyridine rings is 1. The van der Waals surface area contributed by atoms with E-state index in [2.05, 4.69) is 10.3 Å². The molecule has 1 aliphatic rings. The maximum atomic E-state index is 15.2. The Bertz CT molecular complexity index is 1540. The third-order valence-corrected chi connectivity index (χ3v) is 6.25. The maximum Gasteiger partial charge on any atom is 0.240 e. The highest BCUT2D eigenvalue weighted by molar-refractivity contribution is 6.13.